The summed E-state index contributed by atoms with van der Waals surface area (Å²) < 4.78 is 68.8. The van der Waals surface area contributed by atoms with Crippen LogP contribution in [-0.2, 0) is 27.8 Å². The Bertz CT molecular complexity index is 1370. The van der Waals surface area contributed by atoms with Gasteiger partial charge in [0.1, 0.15) is 11.4 Å². The minimum absolute atomic E-state index is 0.0190. The molecule has 5 rings (SSSR count). The average molecular weight is 585 g/mol. The van der Waals surface area contributed by atoms with Crippen LogP contribution in [0.5, 0.6) is 0 Å². The molecule has 0 bridgehead atoms. The van der Waals surface area contributed by atoms with Crippen molar-refractivity contribution >= 4 is 32.7 Å². The molecular weight excluding hydrogens is 549 g/mol. The number of piperidine rings is 1. The summed E-state index contributed by atoms with van der Waals surface area (Å²) in [7, 11) is -3.62. The van der Waals surface area contributed by atoms with E-state index >= 15 is 0 Å². The number of carbonyl (C=O) groups is 1. The molecule has 40 heavy (non-hydrogen) atoms. The van der Waals surface area contributed by atoms with Crippen molar-refractivity contribution in [1.82, 2.24) is 14.2 Å². The number of aliphatic imine (C=N–C) groups is 1. The number of halogens is 3. The number of nitrogens with one attached hydrogen (secondary N) is 1. The second-order valence-corrected chi connectivity index (χ2v) is 13.3. The average Bonchev–Trinajstić information content (AvgIpc) is 3.48. The third-order valence-electron chi connectivity index (χ3n) is 8.67. The molecule has 1 atom stereocenters. The first-order chi connectivity index (χ1) is 18.9. The Labute approximate surface area is 231 Å². The number of aromatic nitrogens is 1. The molecule has 1 aromatic heterocycles. The number of carbonyl (C=O) groups excluding carboxylic acids is 1. The third kappa shape index (κ3) is 5.79. The highest BCUT2D eigenvalue weighted by Crippen LogP contribution is 2.41. The highest BCUT2D eigenvalue weighted by Gasteiger charge is 2.49. The zero-order chi connectivity index (χ0) is 28.7. The van der Waals surface area contributed by atoms with Gasteiger partial charge in [-0.05, 0) is 62.6 Å². The van der Waals surface area contributed by atoms with Gasteiger partial charge in [-0.3, -0.25) is 9.79 Å². The summed E-state index contributed by atoms with van der Waals surface area (Å²) in [5.41, 5.74) is 0.641. The van der Waals surface area contributed by atoms with Gasteiger partial charge in [-0.1, -0.05) is 12.1 Å². The Morgan fingerprint density at radius 3 is 2.48 bits per heavy atom. The van der Waals surface area contributed by atoms with Gasteiger partial charge in [0.2, 0.25) is 10.0 Å². The molecule has 1 aliphatic carbocycles. The van der Waals surface area contributed by atoms with Gasteiger partial charge in [-0.2, -0.15) is 13.2 Å². The van der Waals surface area contributed by atoms with E-state index in [4.69, 9.17) is 5.11 Å². The number of amides is 1. The van der Waals surface area contributed by atoms with Crippen LogP contribution in [0.4, 0.5) is 13.2 Å². The van der Waals surface area contributed by atoms with Crippen LogP contribution in [0.3, 0.4) is 0 Å². The minimum Gasteiger partial charge on any atom is -0.394 e. The van der Waals surface area contributed by atoms with Crippen LogP contribution in [0.1, 0.15) is 44.1 Å². The monoisotopic (exact) mass is 584 g/mol. The zero-order valence-corrected chi connectivity index (χ0v) is 22.9. The first-order valence-corrected chi connectivity index (χ1v) is 15.3. The van der Waals surface area contributed by atoms with Crippen LogP contribution >= 0.6 is 0 Å². The summed E-state index contributed by atoms with van der Waals surface area (Å²) in [6, 6.07) is 7.46. The van der Waals surface area contributed by atoms with Crippen LogP contribution in [0, 0.1) is 11.8 Å². The molecule has 1 saturated carbocycles. The van der Waals surface area contributed by atoms with Gasteiger partial charge < -0.3 is 20.1 Å². The summed E-state index contributed by atoms with van der Waals surface area (Å²) in [6.45, 7) is 0.162. The fourth-order valence-corrected chi connectivity index (χ4v) is 7.69. The number of hydrogen-bond acceptors (Lipinski definition) is 6. The molecule has 3 aliphatic rings. The minimum atomic E-state index is -4.20. The topological polar surface area (TPSA) is 124 Å². The van der Waals surface area contributed by atoms with Crippen molar-refractivity contribution in [3.8, 4) is 0 Å². The molecule has 2 aromatic rings. The molecule has 1 spiro atoms. The maximum Gasteiger partial charge on any atom is 0.391 e. The smallest absolute Gasteiger partial charge is 0.391 e. The second-order valence-electron chi connectivity index (χ2n) is 11.2. The Hall–Kier alpha value is -2.48. The quantitative estimate of drug-likeness (QED) is 0.440. The summed E-state index contributed by atoms with van der Waals surface area (Å²) in [5, 5.41) is 22.6. The van der Waals surface area contributed by atoms with Crippen molar-refractivity contribution in [2.24, 2.45) is 16.8 Å². The van der Waals surface area contributed by atoms with E-state index in [0.717, 1.165) is 16.5 Å². The lowest BCUT2D eigenvalue weighted by Crippen LogP contribution is -2.51. The van der Waals surface area contributed by atoms with Crippen LogP contribution in [0.25, 0.3) is 10.9 Å². The molecule has 3 heterocycles. The van der Waals surface area contributed by atoms with Gasteiger partial charge in [-0.25, -0.2) is 12.7 Å². The van der Waals surface area contributed by atoms with E-state index in [1.165, 1.54) is 4.31 Å². The molecule has 1 saturated heterocycles. The predicted molar refractivity (Wildman–Crippen MR) is 143 cm³/mol. The molecule has 220 valence electrons. The largest absolute Gasteiger partial charge is 0.394 e. The molecule has 3 N–H and O–H groups in total. The van der Waals surface area contributed by atoms with Crippen LogP contribution < -0.4 is 5.32 Å². The van der Waals surface area contributed by atoms with Gasteiger partial charge in [0, 0.05) is 36.1 Å². The molecule has 1 aromatic carbocycles. The molecular formula is C27H35F3N4O5S. The van der Waals surface area contributed by atoms with Gasteiger partial charge in [0.05, 0.1) is 30.9 Å². The fourth-order valence-electron chi connectivity index (χ4n) is 6.22. The number of fused-ring (bicyclic) bond motifs is 1. The number of aliphatic hydroxyl groups excluding tert-OH is 2. The maximum atomic E-state index is 13.2. The van der Waals surface area contributed by atoms with Crippen molar-refractivity contribution < 1.29 is 36.6 Å². The lowest BCUT2D eigenvalue weighted by atomic mass is 9.81. The highest BCUT2D eigenvalue weighted by molar-refractivity contribution is 7.89. The van der Waals surface area contributed by atoms with E-state index < -0.39 is 33.8 Å². The van der Waals surface area contributed by atoms with Crippen molar-refractivity contribution in [3.05, 3.63) is 36.0 Å². The predicted octanol–water partition coefficient (Wildman–Crippen LogP) is 2.60. The summed E-state index contributed by atoms with van der Waals surface area (Å²) >= 11 is 0. The van der Waals surface area contributed by atoms with Crippen molar-refractivity contribution in [2.75, 3.05) is 25.4 Å². The Kier molecular flexibility index (Phi) is 8.03. The molecule has 2 fully saturated rings. The summed E-state index contributed by atoms with van der Waals surface area (Å²) in [5.74, 6) is -1.47. The molecule has 0 radical (unpaired) electrons. The lowest BCUT2D eigenvalue weighted by Gasteiger charge is -2.34. The Balaban J connectivity index is 1.19. The van der Waals surface area contributed by atoms with E-state index in [2.05, 4.69) is 10.3 Å². The standard InChI is InChI=1S/C27H35F3N4O5S/c28-27(29,30)20-6-4-19(5-7-20)24-31-25(37)26(32-24)10-13-34(14-11-26)40(38,39)15-9-18-2-1-3-23-22(18)8-12-33(23)16-21(36)17-35/h1-3,8,12,19-21,35-36H,4-7,9-11,13-17H2,(H,31,32,37)/t19?,20?,21-/m0/s1. The number of nitrogens with zero attached hydrogens (tertiary/aromatic N) is 3. The second kappa shape index (κ2) is 11.1. The SMILES string of the molecule is O=C1NC(C2CCC(C(F)(F)F)CC2)=NC12CCN(S(=O)(=O)CCc1cccc3c1ccn3C[C@H](O)CO)CC2. The van der Waals surface area contributed by atoms with Gasteiger partial charge in [-0.15, -0.1) is 0 Å². The van der Waals surface area contributed by atoms with E-state index in [1.54, 1.807) is 6.20 Å². The summed E-state index contributed by atoms with van der Waals surface area (Å²) in [4.78, 5) is 17.6. The van der Waals surface area contributed by atoms with Crippen molar-refractivity contribution in [3.63, 3.8) is 0 Å². The third-order valence-corrected chi connectivity index (χ3v) is 10.5. The summed E-state index contributed by atoms with van der Waals surface area (Å²) in [6.07, 6.45) is -1.88. The number of aliphatic hydroxyl groups is 2. The number of amidine groups is 1. The van der Waals surface area contributed by atoms with Gasteiger partial charge in [0.25, 0.3) is 5.91 Å². The number of hydrogen-bond donors (Lipinski definition) is 3. The first-order valence-electron chi connectivity index (χ1n) is 13.7. The van der Waals surface area contributed by atoms with Crippen LogP contribution in [0.15, 0.2) is 35.5 Å². The van der Waals surface area contributed by atoms with Crippen LogP contribution in [0.2, 0.25) is 0 Å². The van der Waals surface area contributed by atoms with Crippen molar-refractivity contribution in [1.29, 1.82) is 0 Å². The Morgan fingerprint density at radius 1 is 1.12 bits per heavy atom. The van der Waals surface area contributed by atoms with Crippen LogP contribution in [-0.4, -0.2) is 82.5 Å². The van der Waals surface area contributed by atoms with Crippen molar-refractivity contribution in [2.45, 2.75) is 69.3 Å². The molecule has 1 amide bonds. The van der Waals surface area contributed by atoms with E-state index in [0.29, 0.717) is 18.7 Å². The van der Waals surface area contributed by atoms with E-state index in [9.17, 15) is 31.5 Å². The number of alkyl halides is 3. The lowest BCUT2D eigenvalue weighted by molar-refractivity contribution is -0.182. The highest BCUT2D eigenvalue weighted by atomic mass is 32.2. The van der Waals surface area contributed by atoms with E-state index in [1.807, 2.05) is 28.8 Å². The fraction of sp³-hybridized carbons (Fsp3) is 0.630. The van der Waals surface area contributed by atoms with Gasteiger partial charge >= 0.3 is 6.18 Å². The number of aryl methyl sites for hydroxylation is 1. The maximum absolute atomic E-state index is 13.2. The normalized spacial score (nSPS) is 24.8. The molecule has 9 nitrogen and oxygen atoms in total. The van der Waals surface area contributed by atoms with Gasteiger partial charge in [0.15, 0.2) is 0 Å². The number of rotatable bonds is 8. The Morgan fingerprint density at radius 2 is 1.82 bits per heavy atom. The first kappa shape index (κ1) is 29.0. The molecule has 2 aliphatic heterocycles. The number of sulfonamides is 1. The molecule has 0 unspecified atom stereocenters. The molecule has 13 heteroatoms. The number of benzene rings is 1. The zero-order valence-electron chi connectivity index (χ0n) is 22.1. The van der Waals surface area contributed by atoms with E-state index in [-0.39, 0.29) is 75.9 Å².